The van der Waals surface area contributed by atoms with Crippen LogP contribution in [0.4, 0.5) is 0 Å². The molecule has 1 fully saturated rings. The van der Waals surface area contributed by atoms with Crippen molar-refractivity contribution in [1.82, 2.24) is 9.97 Å². The van der Waals surface area contributed by atoms with Crippen molar-refractivity contribution in [2.75, 3.05) is 0 Å². The lowest BCUT2D eigenvalue weighted by molar-refractivity contribution is 1.02. The van der Waals surface area contributed by atoms with Crippen LogP contribution in [-0.4, -0.2) is 9.97 Å². The van der Waals surface area contributed by atoms with E-state index in [9.17, 15) is 0 Å². The summed E-state index contributed by atoms with van der Waals surface area (Å²) in [7, 11) is 0. The Bertz CT molecular complexity index is 259. The molecule has 0 saturated heterocycles. The van der Waals surface area contributed by atoms with Crippen LogP contribution in [0.25, 0.3) is 6.08 Å². The van der Waals surface area contributed by atoms with E-state index >= 15 is 0 Å². The Morgan fingerprint density at radius 1 is 1.36 bits per heavy atom. The molecule has 0 bridgehead atoms. The number of rotatable bonds is 2. The van der Waals surface area contributed by atoms with Crippen molar-refractivity contribution in [2.24, 2.45) is 0 Å². The summed E-state index contributed by atoms with van der Waals surface area (Å²) in [5, 5.41) is 0. The highest BCUT2D eigenvalue weighted by Gasteiger charge is 2.23. The summed E-state index contributed by atoms with van der Waals surface area (Å²) in [5.41, 5.74) is 1.27. The maximum Gasteiger partial charge on any atom is 0.151 e. The zero-order chi connectivity index (χ0) is 7.68. The van der Waals surface area contributed by atoms with Gasteiger partial charge in [-0.2, -0.15) is 0 Å². The number of hydrogen-bond donors (Lipinski definition) is 0. The van der Waals surface area contributed by atoms with Crippen LogP contribution in [0.15, 0.2) is 19.0 Å². The molecule has 0 amide bonds. The fourth-order valence-corrected chi connectivity index (χ4v) is 1.08. The summed E-state index contributed by atoms with van der Waals surface area (Å²) in [6.45, 7) is 3.60. The first-order chi connectivity index (χ1) is 5.40. The van der Waals surface area contributed by atoms with Crippen LogP contribution in [0, 0.1) is 0 Å². The van der Waals surface area contributed by atoms with Gasteiger partial charge >= 0.3 is 0 Å². The highest BCUT2D eigenvalue weighted by molar-refractivity contribution is 5.35. The van der Waals surface area contributed by atoms with Crippen molar-refractivity contribution in [2.45, 2.75) is 18.8 Å². The molecule has 1 aromatic heterocycles. The van der Waals surface area contributed by atoms with Crippen molar-refractivity contribution in [3.63, 3.8) is 0 Å². The summed E-state index contributed by atoms with van der Waals surface area (Å²) in [6, 6.07) is 0. The Hall–Kier alpha value is -1.18. The molecule has 1 aromatic rings. The van der Waals surface area contributed by atoms with Crippen molar-refractivity contribution < 1.29 is 0 Å². The molecule has 0 unspecified atom stereocenters. The van der Waals surface area contributed by atoms with Crippen LogP contribution in [0.1, 0.15) is 30.1 Å². The normalized spacial score (nSPS) is 16.4. The van der Waals surface area contributed by atoms with E-state index in [0.29, 0.717) is 0 Å². The monoisotopic (exact) mass is 146 g/mol. The van der Waals surface area contributed by atoms with Crippen LogP contribution in [0.2, 0.25) is 0 Å². The Kier molecular flexibility index (Phi) is 1.46. The van der Waals surface area contributed by atoms with E-state index in [-0.39, 0.29) is 0 Å². The summed E-state index contributed by atoms with van der Waals surface area (Å²) < 4.78 is 0. The molecular weight excluding hydrogens is 136 g/mol. The van der Waals surface area contributed by atoms with Crippen LogP contribution < -0.4 is 0 Å². The maximum atomic E-state index is 4.13. The molecule has 0 N–H and O–H groups in total. The standard InChI is InChI=1S/C9H10N2/c1-2-9-10-5-8(6-11-9)7-3-4-7/h2,5-7H,1,3-4H2. The van der Waals surface area contributed by atoms with Crippen molar-refractivity contribution in [3.05, 3.63) is 30.4 Å². The predicted octanol–water partition coefficient (Wildman–Crippen LogP) is 2.00. The number of nitrogens with zero attached hydrogens (tertiary/aromatic N) is 2. The molecule has 2 rings (SSSR count). The minimum atomic E-state index is 0.717. The fraction of sp³-hybridized carbons (Fsp3) is 0.333. The molecule has 56 valence electrons. The third-order valence-corrected chi connectivity index (χ3v) is 1.92. The Morgan fingerprint density at radius 2 is 2.00 bits per heavy atom. The van der Waals surface area contributed by atoms with E-state index in [0.717, 1.165) is 11.7 Å². The second-order valence-electron chi connectivity index (χ2n) is 2.85. The third kappa shape index (κ3) is 1.29. The molecule has 0 radical (unpaired) electrons. The molecule has 0 aromatic carbocycles. The van der Waals surface area contributed by atoms with Crippen molar-refractivity contribution in [1.29, 1.82) is 0 Å². The van der Waals surface area contributed by atoms with Gasteiger partial charge in [-0.1, -0.05) is 6.58 Å². The first-order valence-electron chi connectivity index (χ1n) is 3.84. The van der Waals surface area contributed by atoms with E-state index < -0.39 is 0 Å². The molecule has 11 heavy (non-hydrogen) atoms. The summed E-state index contributed by atoms with van der Waals surface area (Å²) in [5.74, 6) is 1.46. The number of aromatic nitrogens is 2. The quantitative estimate of drug-likeness (QED) is 0.637. The van der Waals surface area contributed by atoms with Crippen molar-refractivity contribution >= 4 is 6.08 Å². The largest absolute Gasteiger partial charge is 0.237 e. The number of hydrogen-bond acceptors (Lipinski definition) is 2. The lowest BCUT2D eigenvalue weighted by atomic mass is 10.2. The molecule has 1 heterocycles. The van der Waals surface area contributed by atoms with Gasteiger partial charge in [0.05, 0.1) is 0 Å². The Morgan fingerprint density at radius 3 is 2.45 bits per heavy atom. The van der Waals surface area contributed by atoms with Crippen LogP contribution in [0.5, 0.6) is 0 Å². The van der Waals surface area contributed by atoms with Gasteiger partial charge in [-0.05, 0) is 30.4 Å². The second-order valence-corrected chi connectivity index (χ2v) is 2.85. The SMILES string of the molecule is C=Cc1ncc(C2CC2)cn1. The topological polar surface area (TPSA) is 25.8 Å². The molecule has 0 spiro atoms. The summed E-state index contributed by atoms with van der Waals surface area (Å²) >= 11 is 0. The van der Waals surface area contributed by atoms with Crippen molar-refractivity contribution in [3.8, 4) is 0 Å². The molecule has 2 heteroatoms. The van der Waals surface area contributed by atoms with Gasteiger partial charge in [-0.25, -0.2) is 9.97 Å². The highest BCUT2D eigenvalue weighted by atomic mass is 14.8. The van der Waals surface area contributed by atoms with E-state index in [1.54, 1.807) is 6.08 Å². The molecule has 0 aliphatic heterocycles. The van der Waals surface area contributed by atoms with E-state index in [1.807, 2.05) is 12.4 Å². The smallest absolute Gasteiger partial charge is 0.151 e. The lowest BCUT2D eigenvalue weighted by Crippen LogP contribution is -1.88. The lowest BCUT2D eigenvalue weighted by Gasteiger charge is -1.95. The molecular formula is C9H10N2. The minimum absolute atomic E-state index is 0.717. The first kappa shape index (κ1) is 6.53. The van der Waals surface area contributed by atoms with Gasteiger partial charge in [0.15, 0.2) is 5.82 Å². The van der Waals surface area contributed by atoms with Gasteiger partial charge in [-0.3, -0.25) is 0 Å². The van der Waals surface area contributed by atoms with E-state index in [1.165, 1.54) is 18.4 Å². The zero-order valence-corrected chi connectivity index (χ0v) is 6.33. The fourth-order valence-electron chi connectivity index (χ4n) is 1.08. The Balaban J connectivity index is 2.25. The second kappa shape index (κ2) is 2.46. The molecule has 1 saturated carbocycles. The summed E-state index contributed by atoms with van der Waals surface area (Å²) in [4.78, 5) is 8.26. The van der Waals surface area contributed by atoms with Gasteiger partial charge < -0.3 is 0 Å². The summed E-state index contributed by atoms with van der Waals surface area (Å²) in [6.07, 6.45) is 8.08. The molecule has 2 nitrogen and oxygen atoms in total. The van der Waals surface area contributed by atoms with Gasteiger partial charge in [0.25, 0.3) is 0 Å². The average molecular weight is 146 g/mol. The molecule has 1 aliphatic carbocycles. The van der Waals surface area contributed by atoms with Crippen LogP contribution in [0.3, 0.4) is 0 Å². The van der Waals surface area contributed by atoms with Gasteiger partial charge in [-0.15, -0.1) is 0 Å². The minimum Gasteiger partial charge on any atom is -0.237 e. The van der Waals surface area contributed by atoms with Crippen LogP contribution in [-0.2, 0) is 0 Å². The van der Waals surface area contributed by atoms with E-state index in [2.05, 4.69) is 16.5 Å². The van der Waals surface area contributed by atoms with E-state index in [4.69, 9.17) is 0 Å². The van der Waals surface area contributed by atoms with Gasteiger partial charge in [0.1, 0.15) is 0 Å². The average Bonchev–Trinajstić information content (AvgIpc) is 2.87. The molecule has 1 aliphatic rings. The molecule has 0 atom stereocenters. The zero-order valence-electron chi connectivity index (χ0n) is 6.33. The predicted molar refractivity (Wildman–Crippen MR) is 44.1 cm³/mol. The highest BCUT2D eigenvalue weighted by Crippen LogP contribution is 2.39. The third-order valence-electron chi connectivity index (χ3n) is 1.92. The van der Waals surface area contributed by atoms with Gasteiger partial charge in [0, 0.05) is 12.4 Å². The first-order valence-corrected chi connectivity index (χ1v) is 3.84. The van der Waals surface area contributed by atoms with Crippen LogP contribution >= 0.6 is 0 Å². The Labute approximate surface area is 66.0 Å². The maximum absolute atomic E-state index is 4.13. The van der Waals surface area contributed by atoms with Gasteiger partial charge in [0.2, 0.25) is 0 Å².